The number of hydrogen-bond acceptors (Lipinski definition) is 5. The van der Waals surface area contributed by atoms with E-state index in [1.54, 1.807) is 26.0 Å². The van der Waals surface area contributed by atoms with Crippen LogP contribution in [0.2, 0.25) is 0 Å². The van der Waals surface area contributed by atoms with Gasteiger partial charge in [-0.25, -0.2) is 9.59 Å². The standard InChI is InChI=1S/C19H30O5/c1-5-7-8-16(6-2)11-23-18(20)14(3)9-10-15(4)19(21)24-13-17-12-22-17/h9-10,16-17H,5-8,11-13H2,1-4H3/b14-9+,15-10+. The third kappa shape index (κ3) is 8.29. The molecule has 0 radical (unpaired) electrons. The van der Waals surface area contributed by atoms with Gasteiger partial charge in [-0.3, -0.25) is 0 Å². The fourth-order valence-electron chi connectivity index (χ4n) is 2.04. The van der Waals surface area contributed by atoms with Crippen LogP contribution in [0.3, 0.4) is 0 Å². The lowest BCUT2D eigenvalue weighted by Crippen LogP contribution is -2.14. The molecule has 0 aromatic carbocycles. The molecular weight excluding hydrogens is 308 g/mol. The van der Waals surface area contributed by atoms with Crippen molar-refractivity contribution in [1.29, 1.82) is 0 Å². The molecule has 5 nitrogen and oxygen atoms in total. The van der Waals surface area contributed by atoms with Crippen LogP contribution in [-0.2, 0) is 23.8 Å². The maximum absolute atomic E-state index is 12.0. The quantitative estimate of drug-likeness (QED) is 0.249. The highest BCUT2D eigenvalue weighted by molar-refractivity contribution is 5.90. The Morgan fingerprint density at radius 1 is 1.12 bits per heavy atom. The largest absolute Gasteiger partial charge is 0.462 e. The Morgan fingerprint density at radius 2 is 1.71 bits per heavy atom. The fourth-order valence-corrected chi connectivity index (χ4v) is 2.04. The molecule has 5 heteroatoms. The van der Waals surface area contributed by atoms with E-state index in [0.717, 1.165) is 25.7 Å². The number of carbonyl (C=O) groups excluding carboxylic acids is 2. The number of esters is 2. The molecule has 2 atom stereocenters. The van der Waals surface area contributed by atoms with Crippen LogP contribution in [0.15, 0.2) is 23.3 Å². The Bertz CT molecular complexity index is 474. The van der Waals surface area contributed by atoms with Gasteiger partial charge in [0.2, 0.25) is 0 Å². The molecule has 2 unspecified atom stereocenters. The molecule has 0 N–H and O–H groups in total. The van der Waals surface area contributed by atoms with Crippen molar-refractivity contribution in [3.05, 3.63) is 23.3 Å². The van der Waals surface area contributed by atoms with Gasteiger partial charge in [0.25, 0.3) is 0 Å². The van der Waals surface area contributed by atoms with Crippen LogP contribution >= 0.6 is 0 Å². The zero-order chi connectivity index (χ0) is 17.9. The molecule has 1 saturated heterocycles. The van der Waals surface area contributed by atoms with E-state index in [1.807, 2.05) is 0 Å². The van der Waals surface area contributed by atoms with Gasteiger partial charge in [0, 0.05) is 11.1 Å². The van der Waals surface area contributed by atoms with Gasteiger partial charge >= 0.3 is 11.9 Å². The van der Waals surface area contributed by atoms with E-state index in [9.17, 15) is 9.59 Å². The highest BCUT2D eigenvalue weighted by Gasteiger charge is 2.24. The van der Waals surface area contributed by atoms with Crippen LogP contribution in [0.25, 0.3) is 0 Å². The lowest BCUT2D eigenvalue weighted by atomic mass is 10.0. The summed E-state index contributed by atoms with van der Waals surface area (Å²) in [5.74, 6) is -0.319. The van der Waals surface area contributed by atoms with Crippen LogP contribution in [0.4, 0.5) is 0 Å². The molecule has 0 saturated carbocycles. The van der Waals surface area contributed by atoms with Crippen molar-refractivity contribution in [2.45, 2.75) is 59.5 Å². The maximum atomic E-state index is 12.0. The number of rotatable bonds is 11. The second-order valence-electron chi connectivity index (χ2n) is 6.27. The third-order valence-corrected chi connectivity index (χ3v) is 4.02. The summed E-state index contributed by atoms with van der Waals surface area (Å²) in [6, 6.07) is 0. The van der Waals surface area contributed by atoms with E-state index in [0.29, 0.717) is 30.3 Å². The molecule has 0 amide bonds. The monoisotopic (exact) mass is 338 g/mol. The van der Waals surface area contributed by atoms with Crippen LogP contribution in [0.5, 0.6) is 0 Å². The van der Waals surface area contributed by atoms with Gasteiger partial charge in [0.05, 0.1) is 13.2 Å². The Morgan fingerprint density at radius 3 is 2.21 bits per heavy atom. The molecular formula is C19H30O5. The smallest absolute Gasteiger partial charge is 0.333 e. The Kier molecular flexibility index (Phi) is 9.38. The lowest BCUT2D eigenvalue weighted by molar-refractivity contribution is -0.141. The number of unbranched alkanes of at least 4 members (excludes halogenated alkanes) is 1. The molecule has 0 aromatic rings. The van der Waals surface area contributed by atoms with E-state index < -0.39 is 5.97 Å². The summed E-state index contributed by atoms with van der Waals surface area (Å²) in [6.45, 7) is 8.99. The van der Waals surface area contributed by atoms with Crippen molar-refractivity contribution in [2.24, 2.45) is 5.92 Å². The molecule has 0 aromatic heterocycles. The van der Waals surface area contributed by atoms with Crippen LogP contribution in [0.1, 0.15) is 53.4 Å². The highest BCUT2D eigenvalue weighted by Crippen LogP contribution is 2.14. The number of carbonyl (C=O) groups is 2. The maximum Gasteiger partial charge on any atom is 0.333 e. The Balaban J connectivity index is 2.40. The first-order valence-electron chi connectivity index (χ1n) is 8.78. The summed E-state index contributed by atoms with van der Waals surface area (Å²) < 4.78 is 15.4. The Labute approximate surface area is 145 Å². The number of allylic oxidation sites excluding steroid dienone is 2. The van der Waals surface area contributed by atoms with Gasteiger partial charge in [0.1, 0.15) is 12.7 Å². The van der Waals surface area contributed by atoms with Gasteiger partial charge in [-0.05, 0) is 26.2 Å². The average molecular weight is 338 g/mol. The second kappa shape index (κ2) is 11.0. The van der Waals surface area contributed by atoms with Crippen LogP contribution in [0, 0.1) is 5.92 Å². The first-order chi connectivity index (χ1) is 11.5. The molecule has 0 aliphatic carbocycles. The van der Waals surface area contributed by atoms with Crippen molar-refractivity contribution in [3.8, 4) is 0 Å². The predicted octanol–water partition coefficient (Wildman–Crippen LogP) is 3.58. The minimum atomic E-state index is -0.395. The van der Waals surface area contributed by atoms with E-state index >= 15 is 0 Å². The van der Waals surface area contributed by atoms with Gasteiger partial charge in [0.15, 0.2) is 0 Å². The fraction of sp³-hybridized carbons (Fsp3) is 0.684. The molecule has 0 bridgehead atoms. The van der Waals surface area contributed by atoms with E-state index in [1.165, 1.54) is 0 Å². The lowest BCUT2D eigenvalue weighted by Gasteiger charge is -2.14. The summed E-state index contributed by atoms with van der Waals surface area (Å²) >= 11 is 0. The zero-order valence-electron chi connectivity index (χ0n) is 15.3. The van der Waals surface area contributed by atoms with Crippen LogP contribution < -0.4 is 0 Å². The summed E-state index contributed by atoms with van der Waals surface area (Å²) in [7, 11) is 0. The van der Waals surface area contributed by atoms with Gasteiger partial charge in [-0.1, -0.05) is 45.3 Å². The summed E-state index contributed by atoms with van der Waals surface area (Å²) in [5.41, 5.74) is 0.912. The van der Waals surface area contributed by atoms with E-state index in [-0.39, 0.29) is 18.7 Å². The highest BCUT2D eigenvalue weighted by atomic mass is 16.6. The molecule has 1 fully saturated rings. The van der Waals surface area contributed by atoms with Gasteiger partial charge in [-0.15, -0.1) is 0 Å². The molecule has 1 rings (SSSR count). The summed E-state index contributed by atoms with van der Waals surface area (Å²) in [4.78, 5) is 23.7. The Hall–Kier alpha value is -1.62. The first kappa shape index (κ1) is 20.4. The first-order valence-corrected chi connectivity index (χ1v) is 8.78. The van der Waals surface area contributed by atoms with Crippen molar-refractivity contribution < 1.29 is 23.8 Å². The summed E-state index contributed by atoms with van der Waals surface area (Å²) in [6.07, 6.45) is 7.62. The predicted molar refractivity (Wildman–Crippen MR) is 92.5 cm³/mol. The third-order valence-electron chi connectivity index (χ3n) is 4.02. The molecule has 1 aliphatic rings. The van der Waals surface area contributed by atoms with E-state index in [2.05, 4.69) is 13.8 Å². The number of hydrogen-bond donors (Lipinski definition) is 0. The van der Waals surface area contributed by atoms with Crippen molar-refractivity contribution in [2.75, 3.05) is 19.8 Å². The van der Waals surface area contributed by atoms with Crippen molar-refractivity contribution in [3.63, 3.8) is 0 Å². The second-order valence-corrected chi connectivity index (χ2v) is 6.27. The molecule has 136 valence electrons. The summed E-state index contributed by atoms with van der Waals surface area (Å²) in [5, 5.41) is 0. The molecule has 1 heterocycles. The molecule has 24 heavy (non-hydrogen) atoms. The van der Waals surface area contributed by atoms with Crippen molar-refractivity contribution >= 4 is 11.9 Å². The number of ether oxygens (including phenoxy) is 3. The molecule has 0 spiro atoms. The zero-order valence-corrected chi connectivity index (χ0v) is 15.3. The average Bonchev–Trinajstić information content (AvgIpc) is 3.41. The normalized spacial score (nSPS) is 18.9. The van der Waals surface area contributed by atoms with E-state index in [4.69, 9.17) is 14.2 Å². The SMILES string of the molecule is CCCCC(CC)COC(=O)/C(C)=C/C=C(\C)C(=O)OCC1CO1. The van der Waals surface area contributed by atoms with Gasteiger partial charge < -0.3 is 14.2 Å². The van der Waals surface area contributed by atoms with Gasteiger partial charge in [-0.2, -0.15) is 0 Å². The topological polar surface area (TPSA) is 65.1 Å². The number of epoxide rings is 1. The van der Waals surface area contributed by atoms with Crippen LogP contribution in [-0.4, -0.2) is 37.9 Å². The minimum absolute atomic E-state index is 0.0493. The minimum Gasteiger partial charge on any atom is -0.462 e. The molecule has 1 aliphatic heterocycles. The van der Waals surface area contributed by atoms with Crippen molar-refractivity contribution in [1.82, 2.24) is 0 Å².